The van der Waals surface area contributed by atoms with Crippen molar-refractivity contribution in [3.8, 4) is 5.75 Å². The maximum Gasteiger partial charge on any atom is 0.339 e. The summed E-state index contributed by atoms with van der Waals surface area (Å²) >= 11 is 0. The van der Waals surface area contributed by atoms with E-state index in [9.17, 15) is 9.59 Å². The number of aromatic nitrogens is 3. The first-order chi connectivity index (χ1) is 14.4. The zero-order valence-corrected chi connectivity index (χ0v) is 17.2. The summed E-state index contributed by atoms with van der Waals surface area (Å²) in [6.07, 6.45) is 1.85. The number of benzene rings is 1. The van der Waals surface area contributed by atoms with Crippen LogP contribution in [0.5, 0.6) is 5.75 Å². The molecule has 30 heavy (non-hydrogen) atoms. The van der Waals surface area contributed by atoms with E-state index in [1.165, 1.54) is 0 Å². The van der Waals surface area contributed by atoms with Crippen LogP contribution in [0.3, 0.4) is 0 Å². The van der Waals surface area contributed by atoms with Crippen molar-refractivity contribution in [2.45, 2.75) is 33.7 Å². The Labute approximate surface area is 172 Å². The lowest BCUT2D eigenvalue weighted by Crippen LogP contribution is -2.32. The fraction of sp³-hybridized carbons (Fsp3) is 0.273. The van der Waals surface area contributed by atoms with Crippen molar-refractivity contribution in [1.82, 2.24) is 19.9 Å². The fourth-order valence-corrected chi connectivity index (χ4v) is 3.43. The SMILES string of the molecule is Cc1c(C)c2ccc(OCC(=O)N[C@H](C)c3nnc4ccccn34)c(C)c2oc1=O. The van der Waals surface area contributed by atoms with E-state index in [-0.39, 0.29) is 24.2 Å². The molecule has 0 radical (unpaired) electrons. The first-order valence-electron chi connectivity index (χ1n) is 9.62. The zero-order chi connectivity index (χ0) is 21.4. The highest BCUT2D eigenvalue weighted by Gasteiger charge is 2.17. The molecule has 3 aromatic heterocycles. The second-order valence-corrected chi connectivity index (χ2v) is 7.27. The molecule has 0 saturated carbocycles. The highest BCUT2D eigenvalue weighted by atomic mass is 16.5. The lowest BCUT2D eigenvalue weighted by molar-refractivity contribution is -0.123. The smallest absolute Gasteiger partial charge is 0.339 e. The van der Waals surface area contributed by atoms with Gasteiger partial charge in [-0.1, -0.05) is 6.07 Å². The van der Waals surface area contributed by atoms with Crippen LogP contribution in [0.1, 0.15) is 35.5 Å². The number of nitrogens with zero attached hydrogens (tertiary/aromatic N) is 3. The van der Waals surface area contributed by atoms with Gasteiger partial charge in [0.25, 0.3) is 5.91 Å². The van der Waals surface area contributed by atoms with Crippen LogP contribution in [0, 0.1) is 20.8 Å². The Balaban J connectivity index is 1.48. The average molecular weight is 406 g/mol. The molecule has 1 aromatic carbocycles. The van der Waals surface area contributed by atoms with Crippen LogP contribution >= 0.6 is 0 Å². The van der Waals surface area contributed by atoms with Gasteiger partial charge in [-0.2, -0.15) is 0 Å². The minimum atomic E-state index is -0.368. The molecule has 4 rings (SSSR count). The molecule has 0 aliphatic rings. The molecule has 4 aromatic rings. The Morgan fingerprint density at radius 2 is 1.93 bits per heavy atom. The number of ether oxygens (including phenoxy) is 1. The summed E-state index contributed by atoms with van der Waals surface area (Å²) < 4.78 is 13.0. The van der Waals surface area contributed by atoms with Gasteiger partial charge in [0.1, 0.15) is 11.3 Å². The quantitative estimate of drug-likeness (QED) is 0.512. The predicted octanol–water partition coefficient (Wildman–Crippen LogP) is 3.02. The Morgan fingerprint density at radius 1 is 1.13 bits per heavy atom. The van der Waals surface area contributed by atoms with E-state index >= 15 is 0 Å². The Bertz CT molecular complexity index is 1320. The Kier molecular flexibility index (Phi) is 4.99. The van der Waals surface area contributed by atoms with E-state index in [1.807, 2.05) is 48.7 Å². The summed E-state index contributed by atoms with van der Waals surface area (Å²) in [5.74, 6) is 0.828. The normalized spacial score (nSPS) is 12.3. The number of hydrogen-bond donors (Lipinski definition) is 1. The third-order valence-electron chi connectivity index (χ3n) is 5.29. The number of rotatable bonds is 5. The Hall–Kier alpha value is -3.68. The van der Waals surface area contributed by atoms with Crippen LogP contribution < -0.4 is 15.7 Å². The maximum atomic E-state index is 12.4. The number of pyridine rings is 1. The second kappa shape index (κ2) is 7.62. The standard InChI is InChI=1S/C22H22N4O4/c1-12-13(2)22(28)30-20-14(3)17(9-8-16(12)20)29-11-19(27)23-15(4)21-25-24-18-7-5-6-10-26(18)21/h5-10,15H,11H2,1-4H3,(H,23,27)/t15-/m1/s1. The van der Waals surface area contributed by atoms with Gasteiger partial charge in [-0.15, -0.1) is 10.2 Å². The van der Waals surface area contributed by atoms with Crippen molar-refractivity contribution in [3.63, 3.8) is 0 Å². The number of carbonyl (C=O) groups is 1. The number of amides is 1. The summed E-state index contributed by atoms with van der Waals surface area (Å²) in [5, 5.41) is 12.0. The van der Waals surface area contributed by atoms with Gasteiger partial charge in [0.05, 0.1) is 6.04 Å². The Morgan fingerprint density at radius 3 is 2.73 bits per heavy atom. The zero-order valence-electron chi connectivity index (χ0n) is 17.2. The van der Waals surface area contributed by atoms with Crippen molar-refractivity contribution < 1.29 is 13.9 Å². The van der Waals surface area contributed by atoms with E-state index in [0.717, 1.165) is 10.9 Å². The van der Waals surface area contributed by atoms with E-state index in [0.29, 0.717) is 33.9 Å². The van der Waals surface area contributed by atoms with Gasteiger partial charge in [0, 0.05) is 22.7 Å². The molecule has 1 amide bonds. The molecule has 154 valence electrons. The molecule has 0 unspecified atom stereocenters. The van der Waals surface area contributed by atoms with Gasteiger partial charge < -0.3 is 14.5 Å². The summed E-state index contributed by atoms with van der Waals surface area (Å²) in [6, 6.07) is 8.87. The van der Waals surface area contributed by atoms with E-state index in [4.69, 9.17) is 9.15 Å². The highest BCUT2D eigenvalue weighted by molar-refractivity contribution is 5.85. The fourth-order valence-electron chi connectivity index (χ4n) is 3.43. The summed E-state index contributed by atoms with van der Waals surface area (Å²) in [4.78, 5) is 24.4. The second-order valence-electron chi connectivity index (χ2n) is 7.27. The van der Waals surface area contributed by atoms with Crippen LogP contribution in [0.4, 0.5) is 0 Å². The van der Waals surface area contributed by atoms with Gasteiger partial charge in [-0.05, 0) is 57.5 Å². The maximum absolute atomic E-state index is 12.4. The third-order valence-corrected chi connectivity index (χ3v) is 5.29. The van der Waals surface area contributed by atoms with E-state index < -0.39 is 0 Å². The van der Waals surface area contributed by atoms with Crippen LogP contribution in [0.15, 0.2) is 45.7 Å². The monoisotopic (exact) mass is 406 g/mol. The molecule has 3 heterocycles. The topological polar surface area (TPSA) is 98.7 Å². The van der Waals surface area contributed by atoms with Gasteiger partial charge in [0.2, 0.25) is 0 Å². The number of aryl methyl sites for hydroxylation is 2. The molecule has 8 heteroatoms. The van der Waals surface area contributed by atoms with Crippen molar-refractivity contribution >= 4 is 22.5 Å². The molecule has 0 bridgehead atoms. The number of fused-ring (bicyclic) bond motifs is 2. The van der Waals surface area contributed by atoms with Crippen LogP contribution in [-0.2, 0) is 4.79 Å². The first kappa shape index (κ1) is 19.6. The molecular formula is C22H22N4O4. The number of carbonyl (C=O) groups excluding carboxylic acids is 1. The van der Waals surface area contributed by atoms with Gasteiger partial charge in [-0.3, -0.25) is 9.20 Å². The molecule has 0 saturated heterocycles. The van der Waals surface area contributed by atoms with Crippen molar-refractivity contribution in [2.75, 3.05) is 6.61 Å². The molecular weight excluding hydrogens is 384 g/mol. The van der Waals surface area contributed by atoms with Crippen LogP contribution in [0.25, 0.3) is 16.6 Å². The van der Waals surface area contributed by atoms with Crippen molar-refractivity contribution in [2.24, 2.45) is 0 Å². The first-order valence-corrected chi connectivity index (χ1v) is 9.62. The van der Waals surface area contributed by atoms with Crippen molar-refractivity contribution in [3.05, 3.63) is 69.5 Å². The lowest BCUT2D eigenvalue weighted by atomic mass is 10.0. The predicted molar refractivity (Wildman–Crippen MR) is 112 cm³/mol. The third kappa shape index (κ3) is 3.41. The van der Waals surface area contributed by atoms with Crippen LogP contribution in [0.2, 0.25) is 0 Å². The summed E-state index contributed by atoms with van der Waals surface area (Å²) in [7, 11) is 0. The number of nitrogens with one attached hydrogen (secondary N) is 1. The van der Waals surface area contributed by atoms with Gasteiger partial charge in [0.15, 0.2) is 18.1 Å². The minimum absolute atomic E-state index is 0.178. The molecule has 0 aliphatic heterocycles. The molecule has 1 N–H and O–H groups in total. The molecule has 0 aliphatic carbocycles. The summed E-state index contributed by atoms with van der Waals surface area (Å²) in [5.41, 5.74) is 2.96. The molecule has 0 spiro atoms. The van der Waals surface area contributed by atoms with Gasteiger partial charge >= 0.3 is 5.63 Å². The molecule has 0 fully saturated rings. The highest BCUT2D eigenvalue weighted by Crippen LogP contribution is 2.29. The molecule has 8 nitrogen and oxygen atoms in total. The molecule has 1 atom stereocenters. The largest absolute Gasteiger partial charge is 0.483 e. The van der Waals surface area contributed by atoms with Crippen LogP contribution in [-0.4, -0.2) is 27.1 Å². The van der Waals surface area contributed by atoms with Gasteiger partial charge in [-0.25, -0.2) is 4.79 Å². The van der Waals surface area contributed by atoms with Crippen molar-refractivity contribution in [1.29, 1.82) is 0 Å². The average Bonchev–Trinajstić information content (AvgIpc) is 3.16. The lowest BCUT2D eigenvalue weighted by Gasteiger charge is -2.14. The van der Waals surface area contributed by atoms with E-state index in [2.05, 4.69) is 15.5 Å². The summed E-state index contributed by atoms with van der Waals surface area (Å²) in [6.45, 7) is 7.09. The van der Waals surface area contributed by atoms with E-state index in [1.54, 1.807) is 19.9 Å². The number of hydrogen-bond acceptors (Lipinski definition) is 6. The minimum Gasteiger partial charge on any atom is -0.483 e.